The first-order valence-corrected chi connectivity index (χ1v) is 9.22. The largest absolute Gasteiger partial charge is 0.437 e. The van der Waals surface area contributed by atoms with Crippen LogP contribution in [0, 0.1) is 20.8 Å². The Morgan fingerprint density at radius 1 is 0.926 bits per heavy atom. The SMILES string of the molecule is Cc1ccc(-c2c(C)cc(C)c3c2oc2nc4ccccc4cc23)[n+](C)c1. The molecule has 0 saturated carbocycles. The molecular formula is C24H21N2O+. The van der Waals surface area contributed by atoms with Gasteiger partial charge in [-0.1, -0.05) is 24.3 Å². The molecule has 3 heteroatoms. The average Bonchev–Trinajstić information content (AvgIpc) is 2.99. The molecule has 3 nitrogen and oxygen atoms in total. The molecule has 0 aliphatic heterocycles. The van der Waals surface area contributed by atoms with Gasteiger partial charge in [0.05, 0.1) is 11.1 Å². The fourth-order valence-corrected chi connectivity index (χ4v) is 4.16. The summed E-state index contributed by atoms with van der Waals surface area (Å²) in [6.45, 7) is 6.41. The third-order valence-corrected chi connectivity index (χ3v) is 5.37. The summed E-state index contributed by atoms with van der Waals surface area (Å²) >= 11 is 0. The molecule has 132 valence electrons. The number of aryl methyl sites for hydroxylation is 4. The van der Waals surface area contributed by atoms with E-state index in [4.69, 9.17) is 9.40 Å². The van der Waals surface area contributed by atoms with E-state index in [1.807, 2.05) is 18.2 Å². The Bertz CT molecular complexity index is 1360. The van der Waals surface area contributed by atoms with Crippen LogP contribution in [-0.4, -0.2) is 4.98 Å². The highest BCUT2D eigenvalue weighted by molar-refractivity contribution is 6.12. The number of fused-ring (bicyclic) bond motifs is 4. The fraction of sp³-hybridized carbons (Fsp3) is 0.167. The predicted molar refractivity (Wildman–Crippen MR) is 110 cm³/mol. The van der Waals surface area contributed by atoms with Crippen molar-refractivity contribution in [2.75, 3.05) is 0 Å². The maximum Gasteiger partial charge on any atom is 0.227 e. The highest BCUT2D eigenvalue weighted by Crippen LogP contribution is 2.39. The summed E-state index contributed by atoms with van der Waals surface area (Å²) in [6, 6.07) is 17.0. The van der Waals surface area contributed by atoms with E-state index in [2.05, 4.69) is 68.9 Å². The number of para-hydroxylation sites is 1. The van der Waals surface area contributed by atoms with Crippen molar-refractivity contribution in [1.29, 1.82) is 0 Å². The Kier molecular flexibility index (Phi) is 3.35. The topological polar surface area (TPSA) is 29.9 Å². The second kappa shape index (κ2) is 5.65. The highest BCUT2D eigenvalue weighted by atomic mass is 16.3. The van der Waals surface area contributed by atoms with E-state index < -0.39 is 0 Å². The smallest absolute Gasteiger partial charge is 0.227 e. The number of rotatable bonds is 1. The summed E-state index contributed by atoms with van der Waals surface area (Å²) in [6.07, 6.45) is 2.15. The minimum absolute atomic E-state index is 0.702. The van der Waals surface area contributed by atoms with Gasteiger partial charge in [0.25, 0.3) is 0 Å². The summed E-state index contributed by atoms with van der Waals surface area (Å²) in [5.74, 6) is 0. The molecule has 5 aromatic rings. The Morgan fingerprint density at radius 2 is 1.74 bits per heavy atom. The molecule has 0 N–H and O–H groups in total. The number of nitrogens with zero attached hydrogens (tertiary/aromatic N) is 2. The van der Waals surface area contributed by atoms with E-state index in [9.17, 15) is 0 Å². The van der Waals surface area contributed by atoms with Gasteiger partial charge in [-0.25, -0.2) is 9.55 Å². The summed E-state index contributed by atoms with van der Waals surface area (Å²) in [7, 11) is 2.09. The summed E-state index contributed by atoms with van der Waals surface area (Å²) in [4.78, 5) is 4.78. The Labute approximate surface area is 157 Å². The normalized spacial score (nSPS) is 11.7. The van der Waals surface area contributed by atoms with Crippen LogP contribution < -0.4 is 4.57 Å². The molecule has 0 amide bonds. The van der Waals surface area contributed by atoms with Gasteiger partial charge in [0, 0.05) is 27.8 Å². The van der Waals surface area contributed by atoms with Gasteiger partial charge in [0.15, 0.2) is 11.8 Å². The highest BCUT2D eigenvalue weighted by Gasteiger charge is 2.22. The lowest BCUT2D eigenvalue weighted by Gasteiger charge is -2.08. The molecule has 0 saturated heterocycles. The second-order valence-corrected chi connectivity index (χ2v) is 7.43. The molecule has 5 rings (SSSR count). The zero-order valence-electron chi connectivity index (χ0n) is 16.0. The first kappa shape index (κ1) is 16.0. The zero-order chi connectivity index (χ0) is 18.7. The van der Waals surface area contributed by atoms with Crippen LogP contribution in [0.4, 0.5) is 0 Å². The molecule has 3 heterocycles. The van der Waals surface area contributed by atoms with E-state index in [-0.39, 0.29) is 0 Å². The number of hydrogen-bond donors (Lipinski definition) is 0. The summed E-state index contributed by atoms with van der Waals surface area (Å²) < 4.78 is 8.54. The number of pyridine rings is 2. The Morgan fingerprint density at radius 3 is 2.56 bits per heavy atom. The van der Waals surface area contributed by atoms with E-state index in [0.29, 0.717) is 5.71 Å². The average molecular weight is 353 g/mol. The molecule has 0 fully saturated rings. The van der Waals surface area contributed by atoms with Crippen LogP contribution in [0.25, 0.3) is 44.2 Å². The van der Waals surface area contributed by atoms with Crippen LogP contribution in [0.5, 0.6) is 0 Å². The van der Waals surface area contributed by atoms with Gasteiger partial charge in [-0.05, 0) is 50.1 Å². The summed E-state index contributed by atoms with van der Waals surface area (Å²) in [5, 5.41) is 3.37. The number of aromatic nitrogens is 2. The molecule has 0 aliphatic carbocycles. The lowest BCUT2D eigenvalue weighted by atomic mass is 9.96. The molecule has 3 aromatic heterocycles. The summed E-state index contributed by atoms with van der Waals surface area (Å²) in [5.41, 5.74) is 8.53. The fourth-order valence-electron chi connectivity index (χ4n) is 4.16. The van der Waals surface area contributed by atoms with Crippen LogP contribution in [0.1, 0.15) is 16.7 Å². The quantitative estimate of drug-likeness (QED) is 0.370. The van der Waals surface area contributed by atoms with E-state index in [0.717, 1.165) is 38.5 Å². The minimum atomic E-state index is 0.702. The minimum Gasteiger partial charge on any atom is -0.437 e. The maximum absolute atomic E-state index is 6.37. The first-order valence-electron chi connectivity index (χ1n) is 9.22. The van der Waals surface area contributed by atoms with Crippen molar-refractivity contribution < 1.29 is 8.98 Å². The van der Waals surface area contributed by atoms with Crippen molar-refractivity contribution in [1.82, 2.24) is 4.98 Å². The standard InChI is InChI=1S/C24H21N2O/c1-14-9-10-20(26(4)13-14)22-16(3)11-15(2)21-18-12-17-7-5-6-8-19(17)25-24(18)27-23(21)22/h5-13H,1-4H3/q+1. The molecular weight excluding hydrogens is 332 g/mol. The van der Waals surface area contributed by atoms with E-state index in [1.165, 1.54) is 16.7 Å². The van der Waals surface area contributed by atoms with Gasteiger partial charge in [0.2, 0.25) is 11.4 Å². The van der Waals surface area contributed by atoms with Crippen LogP contribution in [-0.2, 0) is 7.05 Å². The monoisotopic (exact) mass is 353 g/mol. The maximum atomic E-state index is 6.37. The molecule has 0 bridgehead atoms. The zero-order valence-corrected chi connectivity index (χ0v) is 16.0. The van der Waals surface area contributed by atoms with Crippen LogP contribution in [0.3, 0.4) is 0 Å². The Hall–Kier alpha value is -3.20. The second-order valence-electron chi connectivity index (χ2n) is 7.43. The van der Waals surface area contributed by atoms with Crippen LogP contribution in [0.2, 0.25) is 0 Å². The van der Waals surface area contributed by atoms with Gasteiger partial charge in [-0.2, -0.15) is 0 Å². The Balaban J connectivity index is 1.95. The van der Waals surface area contributed by atoms with Crippen molar-refractivity contribution >= 4 is 33.0 Å². The molecule has 0 atom stereocenters. The van der Waals surface area contributed by atoms with E-state index >= 15 is 0 Å². The molecule has 2 aromatic carbocycles. The van der Waals surface area contributed by atoms with Crippen molar-refractivity contribution in [3.8, 4) is 11.3 Å². The van der Waals surface area contributed by atoms with Gasteiger partial charge in [-0.15, -0.1) is 0 Å². The lowest BCUT2D eigenvalue weighted by Crippen LogP contribution is -2.31. The first-order chi connectivity index (χ1) is 13.0. The van der Waals surface area contributed by atoms with Crippen molar-refractivity contribution in [2.45, 2.75) is 20.8 Å². The van der Waals surface area contributed by atoms with Crippen molar-refractivity contribution in [3.05, 3.63) is 71.4 Å². The number of benzene rings is 2. The lowest BCUT2D eigenvalue weighted by molar-refractivity contribution is -0.660. The van der Waals surface area contributed by atoms with Gasteiger partial charge in [0.1, 0.15) is 7.05 Å². The van der Waals surface area contributed by atoms with Crippen molar-refractivity contribution in [2.24, 2.45) is 7.05 Å². The number of furan rings is 1. The van der Waals surface area contributed by atoms with Gasteiger partial charge in [-0.3, -0.25) is 0 Å². The van der Waals surface area contributed by atoms with Crippen LogP contribution in [0.15, 0.2) is 59.1 Å². The van der Waals surface area contributed by atoms with Crippen molar-refractivity contribution in [3.63, 3.8) is 0 Å². The van der Waals surface area contributed by atoms with Gasteiger partial charge < -0.3 is 4.42 Å². The van der Waals surface area contributed by atoms with Crippen LogP contribution >= 0.6 is 0 Å². The predicted octanol–water partition coefficient (Wildman–Crippen LogP) is 5.55. The molecule has 0 spiro atoms. The van der Waals surface area contributed by atoms with Gasteiger partial charge >= 0.3 is 0 Å². The number of hydrogen-bond acceptors (Lipinski definition) is 2. The molecule has 0 aliphatic rings. The molecule has 27 heavy (non-hydrogen) atoms. The molecule has 0 radical (unpaired) electrons. The third kappa shape index (κ3) is 2.35. The van der Waals surface area contributed by atoms with E-state index in [1.54, 1.807) is 0 Å². The third-order valence-electron chi connectivity index (χ3n) is 5.37. The molecule has 0 unspecified atom stereocenters.